The normalized spacial score (nSPS) is 18.0. The van der Waals surface area contributed by atoms with Crippen molar-refractivity contribution >= 4 is 41.5 Å². The molecule has 1 amide bonds. The van der Waals surface area contributed by atoms with Crippen LogP contribution in [0.25, 0.3) is 0 Å². The number of aromatic nitrogens is 2. The van der Waals surface area contributed by atoms with Crippen molar-refractivity contribution in [3.8, 4) is 0 Å². The van der Waals surface area contributed by atoms with E-state index in [1.807, 2.05) is 0 Å². The number of nitrogens with two attached hydrogens (primary N) is 3. The number of benzene rings is 1. The summed E-state index contributed by atoms with van der Waals surface area (Å²) in [4.78, 5) is 20.3. The Balaban J connectivity index is 0.000000687. The molecule has 1 heterocycles. The zero-order chi connectivity index (χ0) is 21.2. The molecule has 29 heavy (non-hydrogen) atoms. The molecule has 3 rings (SSSR count). The van der Waals surface area contributed by atoms with Crippen LogP contribution in [0.2, 0.25) is 0 Å². The Morgan fingerprint density at radius 3 is 2.38 bits per heavy atom. The molecule has 0 saturated heterocycles. The number of anilines is 4. The summed E-state index contributed by atoms with van der Waals surface area (Å²) in [7, 11) is 0. The Labute approximate surface area is 169 Å². The monoisotopic (exact) mass is 397 g/mol. The highest BCUT2D eigenvalue weighted by molar-refractivity contribution is 6.12. The van der Waals surface area contributed by atoms with Gasteiger partial charge in [-0.15, -0.1) is 0 Å². The minimum Gasteiger partial charge on any atom is -0.399 e. The first-order valence-electron chi connectivity index (χ1n) is 9.25. The summed E-state index contributed by atoms with van der Waals surface area (Å²) in [5.41, 5.74) is 18.9. The second kappa shape index (κ2) is 10.7. The van der Waals surface area contributed by atoms with Crippen molar-refractivity contribution in [1.82, 2.24) is 9.97 Å². The van der Waals surface area contributed by atoms with E-state index in [1.54, 1.807) is 24.3 Å². The molecule has 0 bridgehead atoms. The van der Waals surface area contributed by atoms with E-state index < -0.39 is 5.91 Å². The van der Waals surface area contributed by atoms with E-state index in [4.69, 9.17) is 28.0 Å². The van der Waals surface area contributed by atoms with Gasteiger partial charge in [-0.25, -0.2) is 4.98 Å². The van der Waals surface area contributed by atoms with Crippen LogP contribution in [-0.4, -0.2) is 40.4 Å². The Hall–Kier alpha value is -3.53. The smallest absolute Gasteiger partial charge is 0.254 e. The number of nitrogens with zero attached hydrogens (tertiary/aromatic N) is 2. The number of hydrogen-bond acceptors (Lipinski definition) is 9. The molecule has 1 aromatic carbocycles. The summed E-state index contributed by atoms with van der Waals surface area (Å²) >= 11 is 0. The van der Waals surface area contributed by atoms with Gasteiger partial charge >= 0.3 is 0 Å². The molecular formula is C19H27N9O. The van der Waals surface area contributed by atoms with Crippen molar-refractivity contribution in [3.63, 3.8) is 0 Å². The van der Waals surface area contributed by atoms with E-state index in [0.717, 1.165) is 43.8 Å². The van der Waals surface area contributed by atoms with Crippen molar-refractivity contribution in [2.24, 2.45) is 11.5 Å². The van der Waals surface area contributed by atoms with Crippen LogP contribution in [0.3, 0.4) is 0 Å². The lowest BCUT2D eigenvalue weighted by Crippen LogP contribution is -2.43. The van der Waals surface area contributed by atoms with Crippen molar-refractivity contribution in [3.05, 3.63) is 36.0 Å². The van der Waals surface area contributed by atoms with Gasteiger partial charge in [-0.1, -0.05) is 12.8 Å². The average Bonchev–Trinajstić information content (AvgIpc) is 2.71. The quantitative estimate of drug-likeness (QED) is 0.285. The van der Waals surface area contributed by atoms with Crippen molar-refractivity contribution < 1.29 is 4.79 Å². The van der Waals surface area contributed by atoms with Crippen molar-refractivity contribution in [1.29, 1.82) is 10.8 Å². The fourth-order valence-electron chi connectivity index (χ4n) is 2.93. The third-order valence-electron chi connectivity index (χ3n) is 4.44. The summed E-state index contributed by atoms with van der Waals surface area (Å²) in [6, 6.07) is 7.30. The topological polar surface area (TPSA) is 193 Å². The second-order valence-electron chi connectivity index (χ2n) is 6.60. The minimum absolute atomic E-state index is 0.0710. The molecule has 1 aliphatic rings. The first-order valence-corrected chi connectivity index (χ1v) is 9.25. The lowest BCUT2D eigenvalue weighted by atomic mass is 9.91. The number of nitrogen functional groups attached to an aromatic ring is 1. The van der Waals surface area contributed by atoms with E-state index in [1.165, 1.54) is 6.20 Å². The maximum Gasteiger partial charge on any atom is 0.254 e. The first kappa shape index (κ1) is 21.8. The van der Waals surface area contributed by atoms with Crippen LogP contribution >= 0.6 is 0 Å². The van der Waals surface area contributed by atoms with Gasteiger partial charge in [-0.3, -0.25) is 4.79 Å². The van der Waals surface area contributed by atoms with E-state index in [-0.39, 0.29) is 17.6 Å². The molecule has 10 heteroatoms. The highest BCUT2D eigenvalue weighted by Gasteiger charge is 2.23. The SMILES string of the molecule is N=CC=N.NC(=O)c1cnc(N[C@@H]2CCCC[C@@H]2N)nc1Nc1ccc(N)cc1. The van der Waals surface area contributed by atoms with Gasteiger partial charge in [0.1, 0.15) is 11.4 Å². The van der Waals surface area contributed by atoms with Crippen LogP contribution in [0.4, 0.5) is 23.1 Å². The van der Waals surface area contributed by atoms with Crippen LogP contribution in [-0.2, 0) is 0 Å². The van der Waals surface area contributed by atoms with E-state index >= 15 is 0 Å². The highest BCUT2D eigenvalue weighted by atomic mass is 16.1. The first-order chi connectivity index (χ1) is 13.9. The summed E-state index contributed by atoms with van der Waals surface area (Å²) in [5, 5.41) is 18.5. The second-order valence-corrected chi connectivity index (χ2v) is 6.60. The van der Waals surface area contributed by atoms with Gasteiger partial charge in [0, 0.05) is 42.1 Å². The third kappa shape index (κ3) is 6.54. The summed E-state index contributed by atoms with van der Waals surface area (Å²) < 4.78 is 0. The van der Waals surface area contributed by atoms with Crippen LogP contribution in [0.1, 0.15) is 36.0 Å². The third-order valence-corrected chi connectivity index (χ3v) is 4.44. The molecule has 10 N–H and O–H groups in total. The lowest BCUT2D eigenvalue weighted by Gasteiger charge is -2.29. The average molecular weight is 397 g/mol. The molecule has 0 unspecified atom stereocenters. The minimum atomic E-state index is -0.598. The Morgan fingerprint density at radius 1 is 1.14 bits per heavy atom. The Bertz CT molecular complexity index is 832. The number of hydrogen-bond donors (Lipinski definition) is 7. The predicted octanol–water partition coefficient (Wildman–Crippen LogP) is 1.87. The number of carbonyl (C=O) groups excluding carboxylic acids is 1. The van der Waals surface area contributed by atoms with Gasteiger partial charge < -0.3 is 38.7 Å². The zero-order valence-corrected chi connectivity index (χ0v) is 16.1. The molecule has 2 aromatic rings. The fraction of sp³-hybridized carbons (Fsp3) is 0.316. The molecule has 1 saturated carbocycles. The van der Waals surface area contributed by atoms with Crippen molar-refractivity contribution in [2.45, 2.75) is 37.8 Å². The number of nitrogens with one attached hydrogen (secondary N) is 4. The number of rotatable bonds is 6. The molecule has 1 aromatic heterocycles. The van der Waals surface area contributed by atoms with Gasteiger partial charge in [0.2, 0.25) is 5.95 Å². The summed E-state index contributed by atoms with van der Waals surface area (Å²) in [5.74, 6) is 0.170. The molecule has 2 atom stereocenters. The Morgan fingerprint density at radius 2 is 1.79 bits per heavy atom. The molecule has 10 nitrogen and oxygen atoms in total. The molecule has 1 fully saturated rings. The number of primary amides is 1. The molecular weight excluding hydrogens is 370 g/mol. The lowest BCUT2D eigenvalue weighted by molar-refractivity contribution is 0.100. The molecule has 1 aliphatic carbocycles. The van der Waals surface area contributed by atoms with E-state index in [0.29, 0.717) is 17.5 Å². The van der Waals surface area contributed by atoms with Gasteiger partial charge in [-0.05, 0) is 37.1 Å². The van der Waals surface area contributed by atoms with Crippen LogP contribution in [0.5, 0.6) is 0 Å². The van der Waals surface area contributed by atoms with Crippen LogP contribution < -0.4 is 27.8 Å². The summed E-state index contributed by atoms with van der Waals surface area (Å²) in [6.45, 7) is 0. The number of carbonyl (C=O) groups is 1. The largest absolute Gasteiger partial charge is 0.399 e. The molecule has 0 radical (unpaired) electrons. The maximum absolute atomic E-state index is 11.7. The fourth-order valence-corrected chi connectivity index (χ4v) is 2.93. The maximum atomic E-state index is 11.7. The Kier molecular flexibility index (Phi) is 8.04. The molecule has 154 valence electrons. The van der Waals surface area contributed by atoms with E-state index in [9.17, 15) is 4.79 Å². The van der Waals surface area contributed by atoms with E-state index in [2.05, 4.69) is 20.6 Å². The zero-order valence-electron chi connectivity index (χ0n) is 16.1. The van der Waals surface area contributed by atoms with Crippen LogP contribution in [0.15, 0.2) is 30.5 Å². The summed E-state index contributed by atoms with van der Waals surface area (Å²) in [6.07, 6.45) is 7.48. The van der Waals surface area contributed by atoms with Crippen molar-refractivity contribution in [2.75, 3.05) is 16.4 Å². The van der Waals surface area contributed by atoms with Gasteiger partial charge in [0.25, 0.3) is 5.91 Å². The predicted molar refractivity (Wildman–Crippen MR) is 116 cm³/mol. The standard InChI is InChI=1S/C17H23N7O.C2H4N2/c18-10-5-7-11(8-6-10)22-16-12(15(20)25)9-21-17(24-16)23-14-4-2-1-3-13(14)19;3-1-2-4/h5-9,13-14H,1-4,18-19H2,(H2,20,25)(H2,21,22,23,24);1-4H/t13-,14+;/m0./s1. The highest BCUT2D eigenvalue weighted by Crippen LogP contribution is 2.23. The molecule has 0 aliphatic heterocycles. The number of amides is 1. The molecule has 0 spiro atoms. The van der Waals surface area contributed by atoms with Gasteiger partial charge in [-0.2, -0.15) is 4.98 Å². The van der Waals surface area contributed by atoms with Gasteiger partial charge in [0.05, 0.1) is 0 Å². The van der Waals surface area contributed by atoms with Crippen LogP contribution in [0, 0.1) is 10.8 Å². The van der Waals surface area contributed by atoms with Gasteiger partial charge in [0.15, 0.2) is 0 Å².